The van der Waals surface area contributed by atoms with Crippen molar-refractivity contribution < 1.29 is 0 Å². The van der Waals surface area contributed by atoms with Crippen molar-refractivity contribution in [3.8, 4) is 0 Å². The van der Waals surface area contributed by atoms with Crippen LogP contribution in [0.25, 0.3) is 10.8 Å². The van der Waals surface area contributed by atoms with E-state index in [1.54, 1.807) is 24.0 Å². The fourth-order valence-electron chi connectivity index (χ4n) is 1.26. The highest BCUT2D eigenvalue weighted by Gasteiger charge is 2.03. The summed E-state index contributed by atoms with van der Waals surface area (Å²) in [6.45, 7) is 0. The highest BCUT2D eigenvalue weighted by molar-refractivity contribution is 14.1. The van der Waals surface area contributed by atoms with E-state index in [4.69, 9.17) is 0 Å². The molecule has 2 rings (SSSR count). The van der Waals surface area contributed by atoms with Gasteiger partial charge in [-0.05, 0) is 28.7 Å². The van der Waals surface area contributed by atoms with Crippen molar-refractivity contribution in [1.82, 2.24) is 9.55 Å². The standard InChI is InChI=1S/C9H7IN2O/c1-12-5-8(10)6-2-3-11-4-7(6)9(12)13/h2-5H,1H3. The zero-order chi connectivity index (χ0) is 9.42. The Morgan fingerprint density at radius 3 is 3.00 bits per heavy atom. The molecule has 0 N–H and O–H groups in total. The van der Waals surface area contributed by atoms with Crippen molar-refractivity contribution in [1.29, 1.82) is 0 Å². The maximum absolute atomic E-state index is 11.6. The molecule has 0 radical (unpaired) electrons. The lowest BCUT2D eigenvalue weighted by molar-refractivity contribution is 0.868. The van der Waals surface area contributed by atoms with Gasteiger partial charge in [-0.15, -0.1) is 0 Å². The zero-order valence-corrected chi connectivity index (χ0v) is 9.15. The largest absolute Gasteiger partial charge is 0.317 e. The average Bonchev–Trinajstić information content (AvgIpc) is 2.15. The first kappa shape index (κ1) is 8.68. The Labute approximate surface area is 88.6 Å². The van der Waals surface area contributed by atoms with Crippen molar-refractivity contribution >= 4 is 33.4 Å². The summed E-state index contributed by atoms with van der Waals surface area (Å²) in [7, 11) is 1.75. The van der Waals surface area contributed by atoms with Crippen LogP contribution in [0.3, 0.4) is 0 Å². The molecule has 0 bridgehead atoms. The van der Waals surface area contributed by atoms with E-state index < -0.39 is 0 Å². The van der Waals surface area contributed by atoms with E-state index >= 15 is 0 Å². The van der Waals surface area contributed by atoms with Gasteiger partial charge in [0.1, 0.15) is 0 Å². The molecule has 0 saturated heterocycles. The van der Waals surface area contributed by atoms with Gasteiger partial charge < -0.3 is 4.57 Å². The third-order valence-electron chi connectivity index (χ3n) is 1.94. The Kier molecular flexibility index (Phi) is 2.07. The first-order chi connectivity index (χ1) is 6.20. The Balaban J connectivity index is 3.06. The van der Waals surface area contributed by atoms with E-state index in [2.05, 4.69) is 27.6 Å². The van der Waals surface area contributed by atoms with Gasteiger partial charge in [-0.1, -0.05) is 0 Å². The van der Waals surface area contributed by atoms with E-state index in [0.717, 1.165) is 8.96 Å². The van der Waals surface area contributed by atoms with E-state index in [1.165, 1.54) is 0 Å². The minimum atomic E-state index is 0.00326. The van der Waals surface area contributed by atoms with Gasteiger partial charge in [-0.2, -0.15) is 0 Å². The first-order valence-electron chi connectivity index (χ1n) is 3.79. The number of aromatic nitrogens is 2. The second kappa shape index (κ2) is 3.10. The van der Waals surface area contributed by atoms with Crippen LogP contribution in [0.1, 0.15) is 0 Å². The van der Waals surface area contributed by atoms with Gasteiger partial charge in [-0.3, -0.25) is 9.78 Å². The Hall–Kier alpha value is -0.910. The molecule has 0 aromatic carbocycles. The number of nitrogens with zero attached hydrogens (tertiary/aromatic N) is 2. The Morgan fingerprint density at radius 2 is 2.23 bits per heavy atom. The molecule has 2 heterocycles. The van der Waals surface area contributed by atoms with E-state index in [1.807, 2.05) is 12.3 Å². The lowest BCUT2D eigenvalue weighted by atomic mass is 10.2. The van der Waals surface area contributed by atoms with Crippen LogP contribution < -0.4 is 5.56 Å². The molecule has 2 aromatic heterocycles. The van der Waals surface area contributed by atoms with E-state index in [9.17, 15) is 4.79 Å². The summed E-state index contributed by atoms with van der Waals surface area (Å²) in [6.07, 6.45) is 5.13. The maximum Gasteiger partial charge on any atom is 0.259 e. The second-order valence-electron chi connectivity index (χ2n) is 2.81. The van der Waals surface area contributed by atoms with Crippen molar-refractivity contribution in [3.05, 3.63) is 38.6 Å². The van der Waals surface area contributed by atoms with E-state index in [0.29, 0.717) is 5.39 Å². The molecule has 13 heavy (non-hydrogen) atoms. The maximum atomic E-state index is 11.6. The van der Waals surface area contributed by atoms with Crippen LogP contribution >= 0.6 is 22.6 Å². The monoisotopic (exact) mass is 286 g/mol. The molecule has 3 nitrogen and oxygen atoms in total. The fourth-order valence-corrected chi connectivity index (χ4v) is 2.15. The lowest BCUT2D eigenvalue weighted by Crippen LogP contribution is -2.16. The molecule has 4 heteroatoms. The van der Waals surface area contributed by atoms with Crippen LogP contribution in [0.5, 0.6) is 0 Å². The van der Waals surface area contributed by atoms with Gasteiger partial charge in [0.25, 0.3) is 5.56 Å². The Morgan fingerprint density at radius 1 is 1.46 bits per heavy atom. The molecule has 2 aromatic rings. The molecule has 66 valence electrons. The predicted octanol–water partition coefficient (Wildman–Crippen LogP) is 1.54. The van der Waals surface area contributed by atoms with Crippen molar-refractivity contribution in [2.24, 2.45) is 7.05 Å². The number of fused-ring (bicyclic) bond motifs is 1. The smallest absolute Gasteiger partial charge is 0.259 e. The minimum absolute atomic E-state index is 0.00326. The summed E-state index contributed by atoms with van der Waals surface area (Å²) in [5.74, 6) is 0. The number of aryl methyl sites for hydroxylation is 1. The molecule has 0 unspecified atom stereocenters. The minimum Gasteiger partial charge on any atom is -0.317 e. The fraction of sp³-hybridized carbons (Fsp3) is 0.111. The molecule has 0 amide bonds. The molecular weight excluding hydrogens is 279 g/mol. The predicted molar refractivity (Wildman–Crippen MR) is 59.7 cm³/mol. The summed E-state index contributed by atoms with van der Waals surface area (Å²) in [6, 6.07) is 1.86. The quantitative estimate of drug-likeness (QED) is 0.689. The van der Waals surface area contributed by atoms with Crippen LogP contribution in [0.15, 0.2) is 29.5 Å². The summed E-state index contributed by atoms with van der Waals surface area (Å²) < 4.78 is 2.64. The van der Waals surface area contributed by atoms with Crippen molar-refractivity contribution in [2.45, 2.75) is 0 Å². The normalized spacial score (nSPS) is 10.6. The zero-order valence-electron chi connectivity index (χ0n) is 6.99. The van der Waals surface area contributed by atoms with Crippen LogP contribution in [0.4, 0.5) is 0 Å². The van der Waals surface area contributed by atoms with E-state index in [-0.39, 0.29) is 5.56 Å². The third-order valence-corrected chi connectivity index (χ3v) is 2.80. The van der Waals surface area contributed by atoms with Crippen LogP contribution in [-0.4, -0.2) is 9.55 Å². The summed E-state index contributed by atoms with van der Waals surface area (Å²) in [4.78, 5) is 15.5. The van der Waals surface area contributed by atoms with Gasteiger partial charge >= 0.3 is 0 Å². The molecule has 0 aliphatic carbocycles. The Bertz CT molecular complexity index is 518. The number of hydrogen-bond acceptors (Lipinski definition) is 2. The molecule has 0 saturated carbocycles. The van der Waals surface area contributed by atoms with Crippen molar-refractivity contribution in [3.63, 3.8) is 0 Å². The highest BCUT2D eigenvalue weighted by Crippen LogP contribution is 2.15. The number of pyridine rings is 2. The van der Waals surface area contributed by atoms with Gasteiger partial charge in [0.15, 0.2) is 0 Å². The van der Waals surface area contributed by atoms with Gasteiger partial charge in [0, 0.05) is 34.6 Å². The molecule has 0 fully saturated rings. The van der Waals surface area contributed by atoms with Crippen LogP contribution in [0, 0.1) is 3.57 Å². The SMILES string of the molecule is Cn1cc(I)c2ccncc2c1=O. The molecule has 0 aliphatic heterocycles. The number of halogens is 1. The molecular formula is C9H7IN2O. The molecule has 0 atom stereocenters. The van der Waals surface area contributed by atoms with Gasteiger partial charge in [0.2, 0.25) is 0 Å². The van der Waals surface area contributed by atoms with Crippen LogP contribution in [-0.2, 0) is 7.05 Å². The summed E-state index contributed by atoms with van der Waals surface area (Å²) in [5.41, 5.74) is 0.00326. The number of hydrogen-bond donors (Lipinski definition) is 0. The average molecular weight is 286 g/mol. The summed E-state index contributed by atoms with van der Waals surface area (Å²) in [5, 5.41) is 1.65. The molecule has 0 spiro atoms. The molecule has 0 aliphatic rings. The summed E-state index contributed by atoms with van der Waals surface area (Å²) >= 11 is 2.21. The van der Waals surface area contributed by atoms with Gasteiger partial charge in [0.05, 0.1) is 5.39 Å². The second-order valence-corrected chi connectivity index (χ2v) is 3.98. The first-order valence-corrected chi connectivity index (χ1v) is 4.87. The number of rotatable bonds is 0. The lowest BCUT2D eigenvalue weighted by Gasteiger charge is -2.02. The third kappa shape index (κ3) is 1.35. The van der Waals surface area contributed by atoms with Crippen LogP contribution in [0.2, 0.25) is 0 Å². The van der Waals surface area contributed by atoms with Gasteiger partial charge in [-0.25, -0.2) is 0 Å². The topological polar surface area (TPSA) is 34.9 Å². The van der Waals surface area contributed by atoms with Crippen molar-refractivity contribution in [2.75, 3.05) is 0 Å². The highest BCUT2D eigenvalue weighted by atomic mass is 127.